The summed E-state index contributed by atoms with van der Waals surface area (Å²) in [5, 5.41) is 13.9. The van der Waals surface area contributed by atoms with Crippen LogP contribution in [0.4, 0.5) is 11.6 Å². The molecule has 1 aliphatic rings. The fourth-order valence-corrected chi connectivity index (χ4v) is 2.35. The lowest BCUT2D eigenvalue weighted by Gasteiger charge is -2.32. The van der Waals surface area contributed by atoms with Gasteiger partial charge in [0.15, 0.2) is 11.6 Å². The topological polar surface area (TPSA) is 99.9 Å². The summed E-state index contributed by atoms with van der Waals surface area (Å²) in [7, 11) is 2.08. The Kier molecular flexibility index (Phi) is 3.41. The molecule has 2 aromatic heterocycles. The molecule has 0 amide bonds. The SMILES string of the molecule is CN1CCN(c2nn(-c3ccncn3)c(N)c2C#N)CC1. The molecule has 0 unspecified atom stereocenters. The summed E-state index contributed by atoms with van der Waals surface area (Å²) in [6.07, 6.45) is 3.04. The van der Waals surface area contributed by atoms with E-state index in [-0.39, 0.29) is 0 Å². The normalized spacial score (nSPS) is 15.9. The van der Waals surface area contributed by atoms with Crippen LogP contribution in [0.2, 0.25) is 0 Å². The van der Waals surface area contributed by atoms with Crippen molar-refractivity contribution in [1.29, 1.82) is 5.26 Å². The van der Waals surface area contributed by atoms with Crippen LogP contribution in [0.1, 0.15) is 5.56 Å². The number of nitrogen functional groups attached to an aromatic ring is 1. The monoisotopic (exact) mass is 284 g/mol. The van der Waals surface area contributed by atoms with Crippen LogP contribution in [0, 0.1) is 11.3 Å². The molecular formula is C13H16N8. The first kappa shape index (κ1) is 13.3. The van der Waals surface area contributed by atoms with Crippen molar-refractivity contribution in [3.63, 3.8) is 0 Å². The maximum absolute atomic E-state index is 9.39. The number of likely N-dealkylation sites (N-methyl/N-ethyl adjacent to an activating group) is 1. The zero-order valence-electron chi connectivity index (χ0n) is 11.8. The van der Waals surface area contributed by atoms with Crippen molar-refractivity contribution in [3.05, 3.63) is 24.2 Å². The van der Waals surface area contributed by atoms with Crippen molar-refractivity contribution in [1.82, 2.24) is 24.6 Å². The Hall–Kier alpha value is -2.66. The minimum atomic E-state index is 0.310. The lowest BCUT2D eigenvalue weighted by Crippen LogP contribution is -2.45. The molecule has 1 aliphatic heterocycles. The molecule has 8 nitrogen and oxygen atoms in total. The van der Waals surface area contributed by atoms with Crippen LogP contribution in [0.3, 0.4) is 0 Å². The molecule has 0 bridgehead atoms. The zero-order valence-corrected chi connectivity index (χ0v) is 11.8. The number of piperazine rings is 1. The van der Waals surface area contributed by atoms with E-state index in [9.17, 15) is 5.26 Å². The van der Waals surface area contributed by atoms with Gasteiger partial charge < -0.3 is 15.5 Å². The van der Waals surface area contributed by atoms with E-state index in [1.165, 1.54) is 11.0 Å². The van der Waals surface area contributed by atoms with Crippen LogP contribution in [-0.4, -0.2) is 57.9 Å². The molecule has 0 aliphatic carbocycles. The van der Waals surface area contributed by atoms with Gasteiger partial charge in [0.05, 0.1) is 0 Å². The maximum Gasteiger partial charge on any atom is 0.171 e. The van der Waals surface area contributed by atoms with E-state index in [4.69, 9.17) is 5.73 Å². The van der Waals surface area contributed by atoms with Crippen molar-refractivity contribution in [2.45, 2.75) is 0 Å². The highest BCUT2D eigenvalue weighted by atomic mass is 15.4. The molecule has 1 saturated heterocycles. The molecule has 8 heteroatoms. The van der Waals surface area contributed by atoms with Crippen LogP contribution >= 0.6 is 0 Å². The van der Waals surface area contributed by atoms with Gasteiger partial charge in [0.2, 0.25) is 0 Å². The third-order valence-electron chi connectivity index (χ3n) is 3.60. The van der Waals surface area contributed by atoms with Crippen molar-refractivity contribution in [2.75, 3.05) is 43.9 Å². The van der Waals surface area contributed by atoms with Crippen LogP contribution in [-0.2, 0) is 0 Å². The van der Waals surface area contributed by atoms with Gasteiger partial charge >= 0.3 is 0 Å². The first-order valence-electron chi connectivity index (χ1n) is 6.69. The summed E-state index contributed by atoms with van der Waals surface area (Å²) < 4.78 is 1.49. The molecular weight excluding hydrogens is 268 g/mol. The Bertz CT molecular complexity index is 663. The highest BCUT2D eigenvalue weighted by molar-refractivity contribution is 5.66. The Morgan fingerprint density at radius 3 is 2.67 bits per heavy atom. The molecule has 0 radical (unpaired) electrons. The first-order chi connectivity index (χ1) is 10.2. The van der Waals surface area contributed by atoms with Crippen LogP contribution in [0.5, 0.6) is 0 Å². The maximum atomic E-state index is 9.39. The second-order valence-electron chi connectivity index (χ2n) is 4.97. The third kappa shape index (κ3) is 2.39. The number of hydrogen-bond acceptors (Lipinski definition) is 7. The van der Waals surface area contributed by atoms with Gasteiger partial charge in [-0.1, -0.05) is 0 Å². The highest BCUT2D eigenvalue weighted by Gasteiger charge is 2.24. The number of nitrogens with two attached hydrogens (primary N) is 1. The lowest BCUT2D eigenvalue weighted by atomic mass is 10.2. The summed E-state index contributed by atoms with van der Waals surface area (Å²) in [5.74, 6) is 1.49. The zero-order chi connectivity index (χ0) is 14.8. The molecule has 3 heterocycles. The standard InChI is InChI=1S/C13H16N8/c1-19-4-6-20(7-5-19)13-10(8-14)12(15)21(18-13)11-2-3-16-9-17-11/h2-3,9H,4-7,15H2,1H3. The lowest BCUT2D eigenvalue weighted by molar-refractivity contribution is 0.312. The average Bonchev–Trinajstić information content (AvgIpc) is 2.85. The molecule has 21 heavy (non-hydrogen) atoms. The van der Waals surface area contributed by atoms with Gasteiger partial charge in [-0.05, 0) is 7.05 Å². The van der Waals surface area contributed by atoms with E-state index < -0.39 is 0 Å². The molecule has 108 valence electrons. The van der Waals surface area contributed by atoms with E-state index in [1.807, 2.05) is 0 Å². The van der Waals surface area contributed by atoms with Gasteiger partial charge in [-0.25, -0.2) is 9.97 Å². The Balaban J connectivity index is 2.00. The molecule has 0 saturated carbocycles. The summed E-state index contributed by atoms with van der Waals surface area (Å²) in [6, 6.07) is 3.86. The molecule has 3 rings (SSSR count). The van der Waals surface area contributed by atoms with E-state index in [1.54, 1.807) is 12.3 Å². The predicted octanol–water partition coefficient (Wildman–Crippen LogP) is -0.132. The van der Waals surface area contributed by atoms with Crippen LogP contribution in [0.15, 0.2) is 18.6 Å². The number of anilines is 2. The third-order valence-corrected chi connectivity index (χ3v) is 3.60. The molecule has 2 aromatic rings. The van der Waals surface area contributed by atoms with Gasteiger partial charge in [0, 0.05) is 38.4 Å². The van der Waals surface area contributed by atoms with E-state index >= 15 is 0 Å². The number of hydrogen-bond donors (Lipinski definition) is 1. The van der Waals surface area contributed by atoms with E-state index in [0.29, 0.717) is 23.0 Å². The fourth-order valence-electron chi connectivity index (χ4n) is 2.35. The number of nitrogens with zero attached hydrogens (tertiary/aromatic N) is 7. The summed E-state index contributed by atoms with van der Waals surface area (Å²) in [5.41, 5.74) is 6.46. The van der Waals surface area contributed by atoms with Crippen molar-refractivity contribution in [3.8, 4) is 11.9 Å². The second kappa shape index (κ2) is 5.38. The number of rotatable bonds is 2. The van der Waals surface area contributed by atoms with Crippen molar-refractivity contribution >= 4 is 11.6 Å². The smallest absolute Gasteiger partial charge is 0.171 e. The van der Waals surface area contributed by atoms with Crippen molar-refractivity contribution < 1.29 is 0 Å². The van der Waals surface area contributed by atoms with Gasteiger partial charge in [-0.15, -0.1) is 5.10 Å². The highest BCUT2D eigenvalue weighted by Crippen LogP contribution is 2.26. The molecule has 2 N–H and O–H groups in total. The number of aromatic nitrogens is 4. The summed E-state index contributed by atoms with van der Waals surface area (Å²) >= 11 is 0. The van der Waals surface area contributed by atoms with Gasteiger partial charge in [0.25, 0.3) is 0 Å². The van der Waals surface area contributed by atoms with E-state index in [0.717, 1.165) is 26.2 Å². The Morgan fingerprint density at radius 2 is 2.05 bits per heavy atom. The fraction of sp³-hybridized carbons (Fsp3) is 0.385. The Morgan fingerprint density at radius 1 is 1.29 bits per heavy atom. The largest absolute Gasteiger partial charge is 0.382 e. The molecule has 0 atom stereocenters. The number of nitriles is 1. The second-order valence-corrected chi connectivity index (χ2v) is 4.97. The van der Waals surface area contributed by atoms with Gasteiger partial charge in [-0.2, -0.15) is 9.94 Å². The first-order valence-corrected chi connectivity index (χ1v) is 6.69. The summed E-state index contributed by atoms with van der Waals surface area (Å²) in [4.78, 5) is 12.3. The minimum Gasteiger partial charge on any atom is -0.382 e. The quantitative estimate of drug-likeness (QED) is 0.819. The van der Waals surface area contributed by atoms with Crippen molar-refractivity contribution in [2.24, 2.45) is 0 Å². The van der Waals surface area contributed by atoms with E-state index in [2.05, 4.69) is 38.0 Å². The molecule has 0 spiro atoms. The van der Waals surface area contributed by atoms with Gasteiger partial charge in [0.1, 0.15) is 23.8 Å². The molecule has 1 fully saturated rings. The average molecular weight is 284 g/mol. The predicted molar refractivity (Wildman–Crippen MR) is 78.0 cm³/mol. The van der Waals surface area contributed by atoms with Crippen LogP contribution in [0.25, 0.3) is 5.82 Å². The van der Waals surface area contributed by atoms with Gasteiger partial charge in [-0.3, -0.25) is 0 Å². The summed E-state index contributed by atoms with van der Waals surface area (Å²) in [6.45, 7) is 3.52. The Labute approximate surface area is 122 Å². The van der Waals surface area contributed by atoms with Crippen LogP contribution < -0.4 is 10.6 Å². The minimum absolute atomic E-state index is 0.310. The molecule has 0 aromatic carbocycles.